The molecule has 2 aliphatic carbocycles. The molecular formula is C26H29ClN2O. The van der Waals surface area contributed by atoms with Gasteiger partial charge in [0.2, 0.25) is 0 Å². The topological polar surface area (TPSA) is 28.3 Å². The Labute approximate surface area is 183 Å². The van der Waals surface area contributed by atoms with Crippen LogP contribution in [0.1, 0.15) is 36.1 Å². The maximum atomic E-state index is 6.29. The molecular weight excluding hydrogens is 392 g/mol. The lowest BCUT2D eigenvalue weighted by Gasteiger charge is -2.51. The zero-order valence-corrected chi connectivity index (χ0v) is 18.3. The Kier molecular flexibility index (Phi) is 4.40. The first-order chi connectivity index (χ1) is 14.6. The maximum absolute atomic E-state index is 6.29. The number of aromatic nitrogens is 1. The van der Waals surface area contributed by atoms with Gasteiger partial charge in [-0.1, -0.05) is 29.8 Å². The fourth-order valence-corrected chi connectivity index (χ4v) is 6.28. The molecule has 156 valence electrons. The third kappa shape index (κ3) is 3.06. The minimum atomic E-state index is 0.173. The number of methoxy groups -OCH3 is 1. The van der Waals surface area contributed by atoms with Crippen molar-refractivity contribution in [2.75, 3.05) is 26.7 Å². The van der Waals surface area contributed by atoms with Crippen LogP contribution >= 0.6 is 11.6 Å². The van der Waals surface area contributed by atoms with Gasteiger partial charge >= 0.3 is 0 Å². The number of hydrogen-bond acceptors (Lipinski definition) is 2. The largest absolute Gasteiger partial charge is 0.497 e. The van der Waals surface area contributed by atoms with E-state index in [1.807, 2.05) is 6.07 Å². The summed E-state index contributed by atoms with van der Waals surface area (Å²) in [6.07, 6.45) is 6.28. The number of H-pyrrole nitrogens is 1. The Bertz CT molecular complexity index is 1100. The van der Waals surface area contributed by atoms with Crippen LogP contribution in [0.15, 0.2) is 42.5 Å². The number of ether oxygens (including phenoxy) is 1. The second-order valence-corrected chi connectivity index (χ2v) is 10.1. The number of benzene rings is 2. The summed E-state index contributed by atoms with van der Waals surface area (Å²) in [5.74, 6) is 2.54. The molecule has 1 saturated carbocycles. The maximum Gasteiger partial charge on any atom is 0.119 e. The highest BCUT2D eigenvalue weighted by Crippen LogP contribution is 2.50. The van der Waals surface area contributed by atoms with Gasteiger partial charge < -0.3 is 14.6 Å². The number of nitrogens with one attached hydrogen (secondary N) is 1. The van der Waals surface area contributed by atoms with Crippen LogP contribution in [0.5, 0.6) is 5.75 Å². The number of hydrogen-bond donors (Lipinski definition) is 1. The fourth-order valence-electron chi connectivity index (χ4n) is 6.11. The fraction of sp³-hybridized carbons (Fsp3) is 0.462. The normalized spacial score (nSPS) is 26.4. The van der Waals surface area contributed by atoms with E-state index in [-0.39, 0.29) is 5.41 Å². The molecule has 3 aliphatic rings. The second kappa shape index (κ2) is 7.03. The van der Waals surface area contributed by atoms with Gasteiger partial charge in [-0.05, 0) is 85.9 Å². The van der Waals surface area contributed by atoms with Crippen molar-refractivity contribution in [2.24, 2.45) is 11.8 Å². The molecule has 3 aromatic rings. The number of halogens is 1. The molecule has 1 aliphatic heterocycles. The first-order valence-corrected chi connectivity index (χ1v) is 11.7. The van der Waals surface area contributed by atoms with Gasteiger partial charge in [0.05, 0.1) is 7.11 Å². The SMILES string of the molecule is COc1cccc(C23CCN(CC4CC4)CC2Cc2c([nH]c4cc(Cl)ccc24)C3)c1. The van der Waals surface area contributed by atoms with E-state index >= 15 is 0 Å². The van der Waals surface area contributed by atoms with Crippen LogP contribution in [0.3, 0.4) is 0 Å². The van der Waals surface area contributed by atoms with E-state index in [2.05, 4.69) is 46.3 Å². The Hall–Kier alpha value is -1.97. The molecule has 0 bridgehead atoms. The summed E-state index contributed by atoms with van der Waals surface area (Å²) in [4.78, 5) is 6.48. The van der Waals surface area contributed by atoms with Crippen molar-refractivity contribution in [1.29, 1.82) is 0 Å². The average molecular weight is 421 g/mol. The van der Waals surface area contributed by atoms with Gasteiger partial charge in [-0.25, -0.2) is 0 Å². The first kappa shape index (κ1) is 18.8. The van der Waals surface area contributed by atoms with E-state index in [9.17, 15) is 0 Å². The summed E-state index contributed by atoms with van der Waals surface area (Å²) in [5.41, 5.74) is 5.72. The lowest BCUT2D eigenvalue weighted by atomic mass is 9.58. The predicted molar refractivity (Wildman–Crippen MR) is 123 cm³/mol. The van der Waals surface area contributed by atoms with E-state index < -0.39 is 0 Å². The van der Waals surface area contributed by atoms with Gasteiger partial charge in [-0.15, -0.1) is 0 Å². The van der Waals surface area contributed by atoms with Crippen molar-refractivity contribution >= 4 is 22.5 Å². The van der Waals surface area contributed by atoms with Gasteiger partial charge in [0, 0.05) is 40.1 Å². The molecule has 30 heavy (non-hydrogen) atoms. The number of aromatic amines is 1. The Balaban J connectivity index is 1.44. The minimum absolute atomic E-state index is 0.173. The Morgan fingerprint density at radius 1 is 1.20 bits per heavy atom. The van der Waals surface area contributed by atoms with E-state index in [0.29, 0.717) is 5.92 Å². The van der Waals surface area contributed by atoms with Crippen LogP contribution < -0.4 is 4.74 Å². The number of rotatable bonds is 4. The quantitative estimate of drug-likeness (QED) is 0.595. The first-order valence-electron chi connectivity index (χ1n) is 11.3. The van der Waals surface area contributed by atoms with E-state index in [1.165, 1.54) is 66.6 Å². The van der Waals surface area contributed by atoms with Crippen LogP contribution in [0, 0.1) is 11.8 Å². The molecule has 0 amide bonds. The van der Waals surface area contributed by atoms with E-state index in [4.69, 9.17) is 16.3 Å². The van der Waals surface area contributed by atoms with Gasteiger partial charge in [-0.3, -0.25) is 0 Å². The van der Waals surface area contributed by atoms with Crippen LogP contribution in [-0.2, 0) is 18.3 Å². The molecule has 0 radical (unpaired) electrons. The highest BCUT2D eigenvalue weighted by atomic mass is 35.5. The lowest BCUT2D eigenvalue weighted by molar-refractivity contribution is 0.0783. The molecule has 2 unspecified atom stereocenters. The zero-order valence-electron chi connectivity index (χ0n) is 17.6. The molecule has 6 rings (SSSR count). The molecule has 1 saturated heterocycles. The smallest absolute Gasteiger partial charge is 0.119 e. The van der Waals surface area contributed by atoms with Crippen molar-refractivity contribution in [3.05, 3.63) is 64.3 Å². The second-order valence-electron chi connectivity index (χ2n) is 9.69. The van der Waals surface area contributed by atoms with E-state index in [0.717, 1.165) is 29.5 Å². The third-order valence-corrected chi connectivity index (χ3v) is 8.13. The van der Waals surface area contributed by atoms with Crippen LogP contribution in [0.4, 0.5) is 0 Å². The standard InChI is InChI=1S/C26H29ClN2O/c1-30-21-4-2-3-18(11-21)26-9-10-29(15-17-5-6-17)16-19(26)12-23-22-8-7-20(27)13-24(22)28-25(23)14-26/h2-4,7-8,11,13,17,19,28H,5-6,9-10,12,14-16H2,1H3. The van der Waals surface area contributed by atoms with Gasteiger partial charge in [0.25, 0.3) is 0 Å². The predicted octanol–water partition coefficient (Wildman–Crippen LogP) is 5.60. The molecule has 1 aromatic heterocycles. The molecule has 2 atom stereocenters. The molecule has 2 aromatic carbocycles. The summed E-state index contributed by atoms with van der Waals surface area (Å²) < 4.78 is 5.60. The van der Waals surface area contributed by atoms with Crippen LogP contribution in [-0.4, -0.2) is 36.6 Å². The Morgan fingerprint density at radius 3 is 2.93 bits per heavy atom. The zero-order chi connectivity index (χ0) is 20.3. The van der Waals surface area contributed by atoms with Crippen molar-refractivity contribution < 1.29 is 4.74 Å². The number of nitrogens with zero attached hydrogens (tertiary/aromatic N) is 1. The van der Waals surface area contributed by atoms with Crippen LogP contribution in [0.2, 0.25) is 5.02 Å². The Morgan fingerprint density at radius 2 is 2.10 bits per heavy atom. The summed E-state index contributed by atoms with van der Waals surface area (Å²) >= 11 is 6.29. The molecule has 1 N–H and O–H groups in total. The highest BCUT2D eigenvalue weighted by Gasteiger charge is 2.48. The highest BCUT2D eigenvalue weighted by molar-refractivity contribution is 6.31. The third-order valence-electron chi connectivity index (χ3n) is 7.89. The van der Waals surface area contributed by atoms with Gasteiger partial charge in [-0.2, -0.15) is 0 Å². The molecule has 0 spiro atoms. The summed E-state index contributed by atoms with van der Waals surface area (Å²) in [6.45, 7) is 3.69. The molecule has 2 fully saturated rings. The number of fused-ring (bicyclic) bond motifs is 4. The number of likely N-dealkylation sites (tertiary alicyclic amines) is 1. The van der Waals surface area contributed by atoms with Gasteiger partial charge in [0.1, 0.15) is 5.75 Å². The van der Waals surface area contributed by atoms with Crippen molar-refractivity contribution in [3.63, 3.8) is 0 Å². The molecule has 3 nitrogen and oxygen atoms in total. The average Bonchev–Trinajstić information content (AvgIpc) is 3.51. The molecule has 2 heterocycles. The number of piperidine rings is 1. The monoisotopic (exact) mass is 420 g/mol. The van der Waals surface area contributed by atoms with Crippen molar-refractivity contribution in [3.8, 4) is 5.75 Å². The summed E-state index contributed by atoms with van der Waals surface area (Å²) in [7, 11) is 1.77. The van der Waals surface area contributed by atoms with Crippen molar-refractivity contribution in [2.45, 2.75) is 37.5 Å². The van der Waals surface area contributed by atoms with Gasteiger partial charge in [0.15, 0.2) is 0 Å². The van der Waals surface area contributed by atoms with E-state index in [1.54, 1.807) is 7.11 Å². The summed E-state index contributed by atoms with van der Waals surface area (Å²) in [6, 6.07) is 15.2. The van der Waals surface area contributed by atoms with Crippen LogP contribution in [0.25, 0.3) is 10.9 Å². The summed E-state index contributed by atoms with van der Waals surface area (Å²) in [5, 5.41) is 2.16. The van der Waals surface area contributed by atoms with Crippen molar-refractivity contribution in [1.82, 2.24) is 9.88 Å². The minimum Gasteiger partial charge on any atom is -0.497 e. The molecule has 4 heteroatoms. The lowest BCUT2D eigenvalue weighted by Crippen LogP contribution is -2.54.